The van der Waals surface area contributed by atoms with E-state index in [1.165, 1.54) is 10.6 Å². The van der Waals surface area contributed by atoms with Crippen LogP contribution in [0.15, 0.2) is 53.6 Å². The van der Waals surface area contributed by atoms with E-state index in [9.17, 15) is 14.7 Å². The van der Waals surface area contributed by atoms with Gasteiger partial charge in [0.1, 0.15) is 5.56 Å². The highest BCUT2D eigenvalue weighted by Crippen LogP contribution is 2.20. The Hall–Kier alpha value is -2.86. The average molecular weight is 325 g/mol. The topological polar surface area (TPSA) is 76.3 Å². The van der Waals surface area contributed by atoms with Crippen LogP contribution in [-0.2, 0) is 14.1 Å². The number of hydrogen-bond donors (Lipinski definition) is 2. The van der Waals surface area contributed by atoms with Crippen molar-refractivity contribution in [2.24, 2.45) is 14.1 Å². The van der Waals surface area contributed by atoms with Crippen LogP contribution in [0.5, 0.6) is 0 Å². The number of benzene rings is 1. The average Bonchev–Trinajstić information content (AvgIpc) is 2.95. The highest BCUT2D eigenvalue weighted by Gasteiger charge is 2.14. The lowest BCUT2D eigenvalue weighted by molar-refractivity contribution is 0.0914. The summed E-state index contributed by atoms with van der Waals surface area (Å²) in [7, 11) is 3.54. The van der Waals surface area contributed by atoms with Gasteiger partial charge < -0.3 is 19.6 Å². The molecule has 0 unspecified atom stereocenters. The molecule has 124 valence electrons. The number of fused-ring (bicyclic) bond motifs is 1. The van der Waals surface area contributed by atoms with E-state index in [0.717, 1.165) is 16.5 Å². The summed E-state index contributed by atoms with van der Waals surface area (Å²) in [6.45, 7) is 0.0369. The molecule has 0 bridgehead atoms. The monoisotopic (exact) mass is 325 g/mol. The van der Waals surface area contributed by atoms with E-state index >= 15 is 0 Å². The Morgan fingerprint density at radius 2 is 1.96 bits per heavy atom. The fraction of sp³-hybridized carbons (Fsp3) is 0.222. The van der Waals surface area contributed by atoms with E-state index < -0.39 is 12.0 Å². The van der Waals surface area contributed by atoms with Gasteiger partial charge in [-0.25, -0.2) is 0 Å². The third-order valence-electron chi connectivity index (χ3n) is 4.12. The van der Waals surface area contributed by atoms with E-state index in [1.54, 1.807) is 19.3 Å². The van der Waals surface area contributed by atoms with E-state index in [4.69, 9.17) is 0 Å². The number of rotatable bonds is 4. The molecule has 1 atom stereocenters. The second kappa shape index (κ2) is 6.33. The van der Waals surface area contributed by atoms with Crippen molar-refractivity contribution in [2.45, 2.75) is 6.10 Å². The first kappa shape index (κ1) is 16.0. The maximum absolute atomic E-state index is 12.1. The van der Waals surface area contributed by atoms with Gasteiger partial charge in [0, 0.05) is 38.6 Å². The number of aryl methyl sites for hydroxylation is 2. The Kier molecular flexibility index (Phi) is 4.22. The largest absolute Gasteiger partial charge is 0.387 e. The molecule has 0 aliphatic carbocycles. The Morgan fingerprint density at radius 3 is 2.75 bits per heavy atom. The predicted molar refractivity (Wildman–Crippen MR) is 91.9 cm³/mol. The molecule has 0 aliphatic rings. The van der Waals surface area contributed by atoms with Gasteiger partial charge in [-0.3, -0.25) is 9.59 Å². The molecule has 0 fully saturated rings. The minimum Gasteiger partial charge on any atom is -0.387 e. The van der Waals surface area contributed by atoms with Crippen molar-refractivity contribution in [1.29, 1.82) is 0 Å². The molecule has 0 saturated heterocycles. The number of carbonyl (C=O) groups is 1. The molecule has 3 rings (SSSR count). The summed E-state index contributed by atoms with van der Waals surface area (Å²) >= 11 is 0. The fourth-order valence-electron chi connectivity index (χ4n) is 2.68. The van der Waals surface area contributed by atoms with Gasteiger partial charge in [0.15, 0.2) is 0 Å². The van der Waals surface area contributed by atoms with Crippen molar-refractivity contribution >= 4 is 16.8 Å². The molecule has 1 amide bonds. The maximum Gasteiger partial charge on any atom is 0.263 e. The Labute approximate surface area is 139 Å². The zero-order valence-electron chi connectivity index (χ0n) is 13.6. The van der Waals surface area contributed by atoms with Crippen molar-refractivity contribution in [3.8, 4) is 0 Å². The molecule has 6 heteroatoms. The molecule has 1 aromatic carbocycles. The molecule has 0 aliphatic heterocycles. The number of aromatic nitrogens is 2. The van der Waals surface area contributed by atoms with Gasteiger partial charge in [-0.15, -0.1) is 0 Å². The number of pyridine rings is 1. The number of aliphatic hydroxyl groups excluding tert-OH is 1. The predicted octanol–water partition coefficient (Wildman–Crippen LogP) is 1.34. The van der Waals surface area contributed by atoms with Gasteiger partial charge in [-0.1, -0.05) is 6.07 Å². The minimum atomic E-state index is -0.842. The summed E-state index contributed by atoms with van der Waals surface area (Å²) in [5.41, 5.74) is 1.48. The normalized spacial score (nSPS) is 12.3. The lowest BCUT2D eigenvalue weighted by atomic mass is 10.1. The van der Waals surface area contributed by atoms with Crippen molar-refractivity contribution in [2.75, 3.05) is 6.54 Å². The van der Waals surface area contributed by atoms with Crippen LogP contribution in [0.2, 0.25) is 0 Å². The zero-order valence-corrected chi connectivity index (χ0v) is 13.6. The van der Waals surface area contributed by atoms with Crippen LogP contribution in [0, 0.1) is 0 Å². The van der Waals surface area contributed by atoms with Gasteiger partial charge >= 0.3 is 0 Å². The first-order valence-electron chi connectivity index (χ1n) is 7.64. The number of amides is 1. The molecule has 0 radical (unpaired) electrons. The van der Waals surface area contributed by atoms with E-state index in [2.05, 4.69) is 5.32 Å². The summed E-state index contributed by atoms with van der Waals surface area (Å²) in [5, 5.41) is 13.9. The number of nitrogens with zero attached hydrogens (tertiary/aromatic N) is 2. The Morgan fingerprint density at radius 1 is 1.17 bits per heavy atom. The summed E-state index contributed by atoms with van der Waals surface area (Å²) in [6.07, 6.45) is 2.70. The van der Waals surface area contributed by atoms with Crippen molar-refractivity contribution in [1.82, 2.24) is 14.5 Å². The first-order valence-corrected chi connectivity index (χ1v) is 7.64. The summed E-state index contributed by atoms with van der Waals surface area (Å²) in [6, 6.07) is 10.7. The molecule has 6 nitrogen and oxygen atoms in total. The first-order chi connectivity index (χ1) is 11.5. The highest BCUT2D eigenvalue weighted by atomic mass is 16.3. The van der Waals surface area contributed by atoms with Gasteiger partial charge in [-0.05, 0) is 41.3 Å². The van der Waals surface area contributed by atoms with Crippen molar-refractivity contribution in [3.63, 3.8) is 0 Å². The van der Waals surface area contributed by atoms with Gasteiger partial charge in [0.2, 0.25) is 0 Å². The van der Waals surface area contributed by atoms with E-state index in [-0.39, 0.29) is 17.7 Å². The van der Waals surface area contributed by atoms with Gasteiger partial charge in [-0.2, -0.15) is 0 Å². The number of carbonyl (C=O) groups excluding carboxylic acids is 1. The standard InChI is InChI=1S/C18H19N3O3/c1-20-9-7-12-10-13(5-6-15(12)20)16(22)11-19-17(23)14-4-3-8-21(2)18(14)24/h3-10,16,22H,11H2,1-2H3,(H,19,23)/t16-/m0/s1. The molecular weight excluding hydrogens is 306 g/mol. The van der Waals surface area contributed by atoms with Crippen LogP contribution in [0.1, 0.15) is 22.0 Å². The molecule has 3 aromatic rings. The van der Waals surface area contributed by atoms with E-state index in [1.807, 2.05) is 42.1 Å². The molecule has 2 heterocycles. The summed E-state index contributed by atoms with van der Waals surface area (Å²) < 4.78 is 3.34. The third-order valence-corrected chi connectivity index (χ3v) is 4.12. The van der Waals surface area contributed by atoms with Crippen LogP contribution in [-0.4, -0.2) is 26.7 Å². The van der Waals surface area contributed by atoms with Crippen LogP contribution in [0.25, 0.3) is 10.9 Å². The number of hydrogen-bond acceptors (Lipinski definition) is 3. The third kappa shape index (κ3) is 2.96. The molecule has 0 saturated carbocycles. The SMILES string of the molecule is Cn1cccc(C(=O)NC[C@H](O)c2ccc3c(ccn3C)c2)c1=O. The number of nitrogens with one attached hydrogen (secondary N) is 1. The molecule has 2 aromatic heterocycles. The van der Waals surface area contributed by atoms with Crippen molar-refractivity contribution < 1.29 is 9.90 Å². The second-order valence-corrected chi connectivity index (χ2v) is 5.81. The Balaban J connectivity index is 1.72. The number of aliphatic hydroxyl groups is 1. The highest BCUT2D eigenvalue weighted by molar-refractivity contribution is 5.93. The molecular formula is C18H19N3O3. The van der Waals surface area contributed by atoms with E-state index in [0.29, 0.717) is 0 Å². The van der Waals surface area contributed by atoms with Crippen molar-refractivity contribution in [3.05, 3.63) is 70.3 Å². The molecule has 24 heavy (non-hydrogen) atoms. The lowest BCUT2D eigenvalue weighted by Gasteiger charge is -2.13. The molecule has 0 spiro atoms. The molecule has 2 N–H and O–H groups in total. The quantitative estimate of drug-likeness (QED) is 0.760. The maximum atomic E-state index is 12.1. The Bertz CT molecular complexity index is 956. The van der Waals surface area contributed by atoms with Crippen LogP contribution in [0.4, 0.5) is 0 Å². The summed E-state index contributed by atoms with van der Waals surface area (Å²) in [5.74, 6) is -0.490. The summed E-state index contributed by atoms with van der Waals surface area (Å²) in [4.78, 5) is 24.0. The van der Waals surface area contributed by atoms with Gasteiger partial charge in [0.05, 0.1) is 6.10 Å². The van der Waals surface area contributed by atoms with Crippen LogP contribution < -0.4 is 10.9 Å². The van der Waals surface area contributed by atoms with Crippen LogP contribution in [0.3, 0.4) is 0 Å². The van der Waals surface area contributed by atoms with Gasteiger partial charge in [0.25, 0.3) is 11.5 Å². The smallest absolute Gasteiger partial charge is 0.263 e. The minimum absolute atomic E-state index is 0.0369. The lowest BCUT2D eigenvalue weighted by Crippen LogP contribution is -2.34. The second-order valence-electron chi connectivity index (χ2n) is 5.81. The zero-order chi connectivity index (χ0) is 17.3. The van der Waals surface area contributed by atoms with Crippen LogP contribution >= 0.6 is 0 Å². The fourth-order valence-corrected chi connectivity index (χ4v) is 2.68.